The normalized spacial score (nSPS) is 11.4. The van der Waals surface area contributed by atoms with Crippen LogP contribution in [-0.2, 0) is 9.53 Å². The van der Waals surface area contributed by atoms with Crippen molar-refractivity contribution in [3.05, 3.63) is 59.7 Å². The van der Waals surface area contributed by atoms with Crippen molar-refractivity contribution in [1.82, 2.24) is 0 Å². The standard InChI is InChI=1S/C61H99NO6/c1-6-9-12-15-18-21-24-27-30-36-45-65-58-50-55(56(52-62)49-54-40-42-57(43-41-54)64-44-35-33-34-39-48-68-61(63)53(4)5)51-59(66-46-37-31-28-25-22-19-16-13-10-7-2)60(58)67-47-38-32-29-26-23-20-17-14-11-8-3/h40-43,49-51H,4,6-39,44-48H2,1-3,5H3. The van der Waals surface area contributed by atoms with Crippen LogP contribution >= 0.6 is 0 Å². The quantitative estimate of drug-likeness (QED) is 0.0215. The summed E-state index contributed by atoms with van der Waals surface area (Å²) in [6.45, 7) is 15.0. The fourth-order valence-corrected chi connectivity index (χ4v) is 8.44. The highest BCUT2D eigenvalue weighted by atomic mass is 16.5. The van der Waals surface area contributed by atoms with Crippen LogP contribution in [0.1, 0.15) is 257 Å². The van der Waals surface area contributed by atoms with Crippen molar-refractivity contribution in [2.45, 2.75) is 246 Å². The topological polar surface area (TPSA) is 87.0 Å². The molecule has 0 saturated carbocycles. The number of carbonyl (C=O) groups excluding carboxylic acids is 1. The fraction of sp³-hybridized carbons (Fsp3) is 0.705. The Morgan fingerprint density at radius 2 is 0.824 bits per heavy atom. The molecule has 384 valence electrons. The maximum atomic E-state index is 11.6. The van der Waals surface area contributed by atoms with Gasteiger partial charge in [-0.2, -0.15) is 5.26 Å². The van der Waals surface area contributed by atoms with Gasteiger partial charge in [0.15, 0.2) is 11.5 Å². The van der Waals surface area contributed by atoms with Gasteiger partial charge in [-0.1, -0.05) is 213 Å². The Hall–Kier alpha value is -3.92. The van der Waals surface area contributed by atoms with E-state index >= 15 is 0 Å². The molecule has 2 aromatic carbocycles. The predicted octanol–water partition coefficient (Wildman–Crippen LogP) is 18.7. The van der Waals surface area contributed by atoms with Gasteiger partial charge in [-0.15, -0.1) is 0 Å². The molecule has 2 rings (SSSR count). The highest BCUT2D eigenvalue weighted by Gasteiger charge is 2.18. The number of nitrogens with zero attached hydrogens (tertiary/aromatic N) is 1. The number of allylic oxidation sites excluding steroid dienone is 1. The third kappa shape index (κ3) is 31.3. The molecule has 7 nitrogen and oxygen atoms in total. The lowest BCUT2D eigenvalue weighted by atomic mass is 10.0. The summed E-state index contributed by atoms with van der Waals surface area (Å²) in [7, 11) is 0. The van der Waals surface area contributed by atoms with Crippen LogP contribution in [0.2, 0.25) is 0 Å². The molecule has 0 atom stereocenters. The van der Waals surface area contributed by atoms with Crippen molar-refractivity contribution in [2.75, 3.05) is 33.0 Å². The van der Waals surface area contributed by atoms with Crippen LogP contribution in [0.25, 0.3) is 11.6 Å². The maximum absolute atomic E-state index is 11.6. The smallest absolute Gasteiger partial charge is 0.333 e. The van der Waals surface area contributed by atoms with Gasteiger partial charge < -0.3 is 23.7 Å². The molecule has 0 spiro atoms. The molecule has 0 saturated heterocycles. The zero-order valence-corrected chi connectivity index (χ0v) is 44.2. The number of rotatable bonds is 47. The summed E-state index contributed by atoms with van der Waals surface area (Å²) in [4.78, 5) is 11.6. The van der Waals surface area contributed by atoms with Crippen molar-refractivity contribution in [3.63, 3.8) is 0 Å². The molecule has 0 amide bonds. The minimum Gasteiger partial charge on any atom is -0.494 e. The van der Waals surface area contributed by atoms with E-state index in [1.54, 1.807) is 6.92 Å². The van der Waals surface area contributed by atoms with E-state index in [1.165, 1.54) is 154 Å². The van der Waals surface area contributed by atoms with Crippen molar-refractivity contribution in [1.29, 1.82) is 5.26 Å². The number of ether oxygens (including phenoxy) is 5. The molecule has 0 radical (unpaired) electrons. The summed E-state index contributed by atoms with van der Waals surface area (Å²) in [5.74, 6) is 2.48. The first-order valence-electron chi connectivity index (χ1n) is 28.2. The average Bonchev–Trinajstić information content (AvgIpc) is 3.34. The van der Waals surface area contributed by atoms with Crippen LogP contribution in [0.15, 0.2) is 48.6 Å². The maximum Gasteiger partial charge on any atom is 0.333 e. The molecule has 0 bridgehead atoms. The molecule has 0 aliphatic carbocycles. The largest absolute Gasteiger partial charge is 0.494 e. The van der Waals surface area contributed by atoms with Crippen molar-refractivity contribution in [2.24, 2.45) is 0 Å². The van der Waals surface area contributed by atoms with Crippen molar-refractivity contribution >= 4 is 17.6 Å². The third-order valence-electron chi connectivity index (χ3n) is 12.8. The van der Waals surface area contributed by atoms with Gasteiger partial charge in [-0.3, -0.25) is 0 Å². The zero-order chi connectivity index (χ0) is 49.0. The first kappa shape index (κ1) is 60.2. The Morgan fingerprint density at radius 1 is 0.485 bits per heavy atom. The van der Waals surface area contributed by atoms with E-state index < -0.39 is 0 Å². The van der Waals surface area contributed by atoms with Gasteiger partial charge in [0.25, 0.3) is 0 Å². The minimum absolute atomic E-state index is 0.326. The van der Waals surface area contributed by atoms with Gasteiger partial charge in [0, 0.05) is 5.57 Å². The average molecular weight is 942 g/mol. The summed E-state index contributed by atoms with van der Waals surface area (Å²) >= 11 is 0. The van der Waals surface area contributed by atoms with Crippen LogP contribution in [0.4, 0.5) is 0 Å². The Kier molecular flexibility index (Phi) is 38.2. The number of hydrogen-bond donors (Lipinski definition) is 0. The highest BCUT2D eigenvalue weighted by molar-refractivity contribution is 5.91. The van der Waals surface area contributed by atoms with Gasteiger partial charge in [0.05, 0.1) is 44.7 Å². The summed E-state index contributed by atoms with van der Waals surface area (Å²) in [6.07, 6.45) is 43.7. The van der Waals surface area contributed by atoms with E-state index in [9.17, 15) is 10.1 Å². The van der Waals surface area contributed by atoms with Crippen LogP contribution in [0, 0.1) is 11.3 Å². The Labute approximate surface area is 417 Å². The Balaban J connectivity index is 2.17. The van der Waals surface area contributed by atoms with Crippen molar-refractivity contribution in [3.8, 4) is 29.1 Å². The predicted molar refractivity (Wildman–Crippen MR) is 288 cm³/mol. The molecule has 0 aliphatic heterocycles. The first-order chi connectivity index (χ1) is 33.4. The fourth-order valence-electron chi connectivity index (χ4n) is 8.44. The Bertz CT molecular complexity index is 1560. The van der Waals surface area contributed by atoms with E-state index in [2.05, 4.69) is 33.4 Å². The highest BCUT2D eigenvalue weighted by Crippen LogP contribution is 2.41. The van der Waals surface area contributed by atoms with Gasteiger partial charge in [-0.05, 0) is 93.3 Å². The second-order valence-electron chi connectivity index (χ2n) is 19.3. The molecule has 7 heteroatoms. The second kappa shape index (κ2) is 43.1. The van der Waals surface area contributed by atoms with Gasteiger partial charge >= 0.3 is 5.97 Å². The lowest BCUT2D eigenvalue weighted by molar-refractivity contribution is -0.139. The molecular weight excluding hydrogens is 843 g/mol. The number of benzene rings is 2. The molecule has 0 aliphatic rings. The number of hydrogen-bond acceptors (Lipinski definition) is 7. The molecule has 0 heterocycles. The van der Waals surface area contributed by atoms with E-state index in [1.807, 2.05) is 42.5 Å². The van der Waals surface area contributed by atoms with Gasteiger partial charge in [-0.25, -0.2) is 4.79 Å². The lowest BCUT2D eigenvalue weighted by Gasteiger charge is -2.19. The lowest BCUT2D eigenvalue weighted by Crippen LogP contribution is -2.07. The molecule has 0 unspecified atom stereocenters. The van der Waals surface area contributed by atoms with Gasteiger partial charge in [0.2, 0.25) is 5.75 Å². The van der Waals surface area contributed by atoms with Crippen LogP contribution in [0.3, 0.4) is 0 Å². The summed E-state index contributed by atoms with van der Waals surface area (Å²) in [5.41, 5.74) is 2.66. The third-order valence-corrected chi connectivity index (χ3v) is 12.8. The summed E-state index contributed by atoms with van der Waals surface area (Å²) in [5, 5.41) is 10.6. The number of esters is 1. The molecular formula is C61H99NO6. The zero-order valence-electron chi connectivity index (χ0n) is 44.2. The first-order valence-corrected chi connectivity index (χ1v) is 28.2. The SMILES string of the molecule is C=C(C)C(=O)OCCCCCCOc1ccc(C=C(C#N)c2cc(OCCCCCCCCCCCC)c(OCCCCCCCCCCCC)c(OCCCCCCCCCCCC)c2)cc1. The van der Waals surface area contributed by atoms with Crippen LogP contribution in [0.5, 0.6) is 23.0 Å². The van der Waals surface area contributed by atoms with E-state index in [0.717, 1.165) is 81.1 Å². The summed E-state index contributed by atoms with van der Waals surface area (Å²) in [6, 6.07) is 14.4. The molecule has 2 aromatic rings. The second-order valence-corrected chi connectivity index (χ2v) is 19.3. The van der Waals surface area contributed by atoms with E-state index in [4.69, 9.17) is 23.7 Å². The Morgan fingerprint density at radius 3 is 1.19 bits per heavy atom. The van der Waals surface area contributed by atoms with E-state index in [-0.39, 0.29) is 5.97 Å². The van der Waals surface area contributed by atoms with Gasteiger partial charge in [0.1, 0.15) is 5.75 Å². The number of nitriles is 1. The monoisotopic (exact) mass is 942 g/mol. The number of unbranched alkanes of at least 4 members (excludes halogenated alkanes) is 30. The molecule has 68 heavy (non-hydrogen) atoms. The molecule has 0 N–H and O–H groups in total. The summed E-state index contributed by atoms with van der Waals surface area (Å²) < 4.78 is 31.1. The minimum atomic E-state index is -0.326. The van der Waals surface area contributed by atoms with E-state index in [0.29, 0.717) is 61.4 Å². The number of carbonyl (C=O) groups is 1. The molecule has 0 fully saturated rings. The van der Waals surface area contributed by atoms with Crippen LogP contribution in [-0.4, -0.2) is 39.0 Å². The molecule has 0 aromatic heterocycles. The van der Waals surface area contributed by atoms with Crippen LogP contribution < -0.4 is 18.9 Å². The van der Waals surface area contributed by atoms with Crippen molar-refractivity contribution < 1.29 is 28.5 Å².